The number of ether oxygens (including phenoxy) is 1. The molecular formula is C21H27ClN2O4. The molecule has 1 aromatic rings. The predicted octanol–water partition coefficient (Wildman–Crippen LogP) is 2.09. The van der Waals surface area contributed by atoms with Crippen LogP contribution in [0.25, 0.3) is 0 Å². The van der Waals surface area contributed by atoms with Gasteiger partial charge in [0.2, 0.25) is 5.91 Å². The smallest absolute Gasteiger partial charge is 0.253 e. The van der Waals surface area contributed by atoms with E-state index in [1.54, 1.807) is 24.3 Å². The summed E-state index contributed by atoms with van der Waals surface area (Å²) in [6.07, 6.45) is 2.24. The van der Waals surface area contributed by atoms with Crippen molar-refractivity contribution in [3.05, 3.63) is 34.9 Å². The molecule has 7 heteroatoms. The lowest BCUT2D eigenvalue weighted by Gasteiger charge is -2.36. The van der Waals surface area contributed by atoms with Crippen LogP contribution in [0.15, 0.2) is 24.3 Å². The summed E-state index contributed by atoms with van der Waals surface area (Å²) in [7, 11) is 0. The maximum Gasteiger partial charge on any atom is 0.253 e. The Morgan fingerprint density at radius 3 is 2.57 bits per heavy atom. The lowest BCUT2D eigenvalue weighted by atomic mass is 9.77. The molecule has 2 saturated heterocycles. The number of nitrogens with zero attached hydrogens (tertiary/aromatic N) is 1. The van der Waals surface area contributed by atoms with Crippen molar-refractivity contribution in [3.63, 3.8) is 0 Å². The van der Waals surface area contributed by atoms with Gasteiger partial charge < -0.3 is 20.1 Å². The first-order chi connectivity index (χ1) is 13.5. The van der Waals surface area contributed by atoms with Gasteiger partial charge in [-0.1, -0.05) is 17.7 Å². The molecule has 1 aliphatic carbocycles. The standard InChI is InChI=1S/C21H27ClN2O4/c22-17-3-1-2-14(8-17)21(27)24-11-15-9-18(19(25)10-16(15)12-24)23-20(26)13-4-6-28-7-5-13/h1-3,8,13,15-16,18-19,25H,4-7,9-12H2,(H,23,26)/t15-,16+,18-,19-/m0/s1. The Hall–Kier alpha value is -1.63. The molecule has 0 aromatic heterocycles. The lowest BCUT2D eigenvalue weighted by Crippen LogP contribution is -2.51. The topological polar surface area (TPSA) is 78.9 Å². The highest BCUT2D eigenvalue weighted by atomic mass is 35.5. The molecule has 3 aliphatic rings. The summed E-state index contributed by atoms with van der Waals surface area (Å²) in [5.41, 5.74) is 0.594. The summed E-state index contributed by atoms with van der Waals surface area (Å²) in [6, 6.07) is 6.77. The highest BCUT2D eigenvalue weighted by molar-refractivity contribution is 6.30. The van der Waals surface area contributed by atoms with Gasteiger partial charge in [0.25, 0.3) is 5.91 Å². The molecule has 2 N–H and O–H groups in total. The summed E-state index contributed by atoms with van der Waals surface area (Å²) >= 11 is 6.02. The number of rotatable bonds is 3. The Balaban J connectivity index is 1.36. The lowest BCUT2D eigenvalue weighted by molar-refractivity contribution is -0.130. The molecule has 28 heavy (non-hydrogen) atoms. The van der Waals surface area contributed by atoms with Crippen LogP contribution in [0.1, 0.15) is 36.0 Å². The van der Waals surface area contributed by atoms with Gasteiger partial charge in [-0.15, -0.1) is 0 Å². The van der Waals surface area contributed by atoms with Crippen LogP contribution in [-0.4, -0.2) is 60.3 Å². The molecule has 4 atom stereocenters. The van der Waals surface area contributed by atoms with Gasteiger partial charge in [0.05, 0.1) is 12.1 Å². The highest BCUT2D eigenvalue weighted by Crippen LogP contribution is 2.37. The van der Waals surface area contributed by atoms with Gasteiger partial charge in [-0.2, -0.15) is 0 Å². The molecule has 2 amide bonds. The summed E-state index contributed by atoms with van der Waals surface area (Å²) in [4.78, 5) is 27.2. The van der Waals surface area contributed by atoms with Crippen LogP contribution in [-0.2, 0) is 9.53 Å². The number of fused-ring (bicyclic) bond motifs is 1. The van der Waals surface area contributed by atoms with Crippen molar-refractivity contribution in [3.8, 4) is 0 Å². The molecule has 1 aromatic carbocycles. The molecule has 0 spiro atoms. The minimum atomic E-state index is -0.564. The quantitative estimate of drug-likeness (QED) is 0.805. The first-order valence-electron chi connectivity index (χ1n) is 10.1. The highest BCUT2D eigenvalue weighted by Gasteiger charge is 2.43. The van der Waals surface area contributed by atoms with E-state index in [9.17, 15) is 14.7 Å². The third-order valence-corrected chi connectivity index (χ3v) is 6.66. The fourth-order valence-corrected chi connectivity index (χ4v) is 5.01. The van der Waals surface area contributed by atoms with Crippen molar-refractivity contribution in [2.75, 3.05) is 26.3 Å². The van der Waals surface area contributed by atoms with E-state index in [2.05, 4.69) is 5.32 Å². The van der Waals surface area contributed by atoms with Crippen LogP contribution < -0.4 is 5.32 Å². The first-order valence-corrected chi connectivity index (χ1v) is 10.5. The van der Waals surface area contributed by atoms with Crippen molar-refractivity contribution >= 4 is 23.4 Å². The number of aliphatic hydroxyl groups is 1. The van der Waals surface area contributed by atoms with Gasteiger partial charge >= 0.3 is 0 Å². The maximum absolute atomic E-state index is 12.8. The van der Waals surface area contributed by atoms with Crippen molar-refractivity contribution in [2.45, 2.75) is 37.8 Å². The number of benzene rings is 1. The number of carbonyl (C=O) groups is 2. The van der Waals surface area contributed by atoms with Crippen LogP contribution in [0, 0.1) is 17.8 Å². The minimum absolute atomic E-state index is 0.0193. The number of nitrogens with one attached hydrogen (secondary N) is 1. The molecule has 0 bridgehead atoms. The van der Waals surface area contributed by atoms with Crippen molar-refractivity contribution in [2.24, 2.45) is 17.8 Å². The van der Waals surface area contributed by atoms with Crippen LogP contribution in [0.5, 0.6) is 0 Å². The number of carbonyl (C=O) groups excluding carboxylic acids is 2. The number of amides is 2. The monoisotopic (exact) mass is 406 g/mol. The summed E-state index contributed by atoms with van der Waals surface area (Å²) in [6.45, 7) is 2.55. The second-order valence-corrected chi connectivity index (χ2v) is 8.72. The van der Waals surface area contributed by atoms with Gasteiger partial charge in [0.1, 0.15) is 0 Å². The summed E-state index contributed by atoms with van der Waals surface area (Å²) in [5, 5.41) is 14.2. The Labute approximate surface area is 170 Å². The number of likely N-dealkylation sites (tertiary alicyclic amines) is 1. The average molecular weight is 407 g/mol. The summed E-state index contributed by atoms with van der Waals surface area (Å²) < 4.78 is 5.32. The van der Waals surface area contributed by atoms with Gasteiger partial charge in [0.15, 0.2) is 0 Å². The fourth-order valence-electron chi connectivity index (χ4n) is 4.82. The van der Waals surface area contributed by atoms with E-state index in [1.165, 1.54) is 0 Å². The average Bonchev–Trinajstić information content (AvgIpc) is 3.11. The predicted molar refractivity (Wildman–Crippen MR) is 105 cm³/mol. The molecule has 0 radical (unpaired) electrons. The molecule has 152 valence electrons. The molecule has 6 nitrogen and oxygen atoms in total. The normalized spacial score (nSPS) is 30.7. The van der Waals surface area contributed by atoms with E-state index in [0.29, 0.717) is 55.6 Å². The second-order valence-electron chi connectivity index (χ2n) is 8.28. The molecule has 1 saturated carbocycles. The third kappa shape index (κ3) is 4.19. The Morgan fingerprint density at radius 2 is 1.86 bits per heavy atom. The number of hydrogen-bond acceptors (Lipinski definition) is 4. The molecular weight excluding hydrogens is 380 g/mol. The number of aliphatic hydroxyl groups excluding tert-OH is 1. The van der Waals surface area contributed by atoms with E-state index in [0.717, 1.165) is 12.8 Å². The van der Waals surface area contributed by atoms with Gasteiger partial charge in [-0.3, -0.25) is 9.59 Å². The number of halogens is 1. The minimum Gasteiger partial charge on any atom is -0.391 e. The van der Waals surface area contributed by atoms with Gasteiger partial charge in [-0.05, 0) is 55.7 Å². The Kier molecular flexibility index (Phi) is 5.90. The van der Waals surface area contributed by atoms with Crippen LogP contribution in [0.3, 0.4) is 0 Å². The van der Waals surface area contributed by atoms with Gasteiger partial charge in [0, 0.05) is 42.8 Å². The number of hydrogen-bond donors (Lipinski definition) is 2. The fraction of sp³-hybridized carbons (Fsp3) is 0.619. The van der Waals surface area contributed by atoms with E-state index < -0.39 is 6.10 Å². The van der Waals surface area contributed by atoms with E-state index in [-0.39, 0.29) is 29.7 Å². The zero-order valence-electron chi connectivity index (χ0n) is 15.9. The third-order valence-electron chi connectivity index (χ3n) is 6.42. The second kappa shape index (κ2) is 8.39. The van der Waals surface area contributed by atoms with Crippen molar-refractivity contribution < 1.29 is 19.4 Å². The molecule has 2 heterocycles. The van der Waals surface area contributed by atoms with Crippen molar-refractivity contribution in [1.82, 2.24) is 10.2 Å². The van der Waals surface area contributed by atoms with E-state index >= 15 is 0 Å². The van der Waals surface area contributed by atoms with Crippen LogP contribution in [0.2, 0.25) is 5.02 Å². The SMILES string of the molecule is O=C(N[C@H]1C[C@H]2CN(C(=O)c3cccc(Cl)c3)C[C@H]2C[C@@H]1O)C1CCOCC1. The molecule has 2 aliphatic heterocycles. The van der Waals surface area contributed by atoms with Crippen LogP contribution >= 0.6 is 11.6 Å². The molecule has 0 unspecified atom stereocenters. The first kappa shape index (κ1) is 19.7. The Bertz CT molecular complexity index is 737. The van der Waals surface area contributed by atoms with Crippen molar-refractivity contribution in [1.29, 1.82) is 0 Å². The maximum atomic E-state index is 12.8. The largest absolute Gasteiger partial charge is 0.391 e. The van der Waals surface area contributed by atoms with E-state index in [1.807, 2.05) is 4.90 Å². The van der Waals surface area contributed by atoms with Gasteiger partial charge in [-0.25, -0.2) is 0 Å². The Morgan fingerprint density at radius 1 is 1.14 bits per heavy atom. The van der Waals surface area contributed by atoms with Crippen LogP contribution in [0.4, 0.5) is 0 Å². The zero-order valence-corrected chi connectivity index (χ0v) is 16.6. The molecule has 3 fully saturated rings. The zero-order chi connectivity index (χ0) is 19.7. The molecule has 4 rings (SSSR count). The summed E-state index contributed by atoms with van der Waals surface area (Å²) in [5.74, 6) is 0.550. The van der Waals surface area contributed by atoms with E-state index in [4.69, 9.17) is 16.3 Å².